The molecule has 2 aromatic carbocycles. The molecule has 0 aromatic heterocycles. The number of halogens is 1. The van der Waals surface area contributed by atoms with Crippen molar-refractivity contribution in [3.63, 3.8) is 0 Å². The van der Waals surface area contributed by atoms with E-state index in [1.165, 1.54) is 0 Å². The molecule has 0 fully saturated rings. The lowest BCUT2D eigenvalue weighted by atomic mass is 10.1. The fraction of sp³-hybridized carbons (Fsp3) is 0.235. The number of methoxy groups -OCH3 is 1. The molecule has 0 spiro atoms. The van der Waals surface area contributed by atoms with Crippen LogP contribution in [0.15, 0.2) is 36.4 Å². The first kappa shape index (κ1) is 17.0. The van der Waals surface area contributed by atoms with Gasteiger partial charge in [0.05, 0.1) is 23.4 Å². The Morgan fingerprint density at radius 3 is 2.57 bits per heavy atom. The highest BCUT2D eigenvalue weighted by Crippen LogP contribution is 2.30. The topological polar surface area (TPSA) is 76.4 Å². The van der Waals surface area contributed by atoms with Gasteiger partial charge in [-0.15, -0.1) is 0 Å². The molecule has 0 unspecified atom stereocenters. The average molecular weight is 334 g/mol. The molecular formula is C17H20ClN3O2. The third kappa shape index (κ3) is 4.29. The molecule has 0 atom stereocenters. The number of hydrogen-bond donors (Lipinski definition) is 3. The van der Waals surface area contributed by atoms with E-state index in [9.17, 15) is 4.79 Å². The van der Waals surface area contributed by atoms with Gasteiger partial charge in [-0.3, -0.25) is 4.79 Å². The van der Waals surface area contributed by atoms with E-state index >= 15 is 0 Å². The Morgan fingerprint density at radius 2 is 1.96 bits per heavy atom. The summed E-state index contributed by atoms with van der Waals surface area (Å²) >= 11 is 6.13. The van der Waals surface area contributed by atoms with Crippen LogP contribution in [-0.2, 0) is 0 Å². The number of anilines is 3. The number of hydrogen-bond acceptors (Lipinski definition) is 4. The predicted octanol–water partition coefficient (Wildman–Crippen LogP) is 3.81. The molecule has 0 saturated carbocycles. The van der Waals surface area contributed by atoms with Crippen molar-refractivity contribution in [1.29, 1.82) is 0 Å². The van der Waals surface area contributed by atoms with Crippen molar-refractivity contribution in [2.75, 3.05) is 18.2 Å². The van der Waals surface area contributed by atoms with Crippen molar-refractivity contribution in [3.8, 4) is 5.75 Å². The number of benzene rings is 2. The second-order valence-electron chi connectivity index (χ2n) is 5.41. The van der Waals surface area contributed by atoms with E-state index in [-0.39, 0.29) is 11.9 Å². The van der Waals surface area contributed by atoms with E-state index in [0.29, 0.717) is 27.7 Å². The summed E-state index contributed by atoms with van der Waals surface area (Å²) in [5, 5.41) is 6.54. The van der Waals surface area contributed by atoms with E-state index in [1.807, 2.05) is 19.9 Å². The van der Waals surface area contributed by atoms with Crippen LogP contribution in [0, 0.1) is 0 Å². The number of carbonyl (C=O) groups excluding carboxylic acids is 1. The summed E-state index contributed by atoms with van der Waals surface area (Å²) in [7, 11) is 1.56. The maximum atomic E-state index is 12.3. The monoisotopic (exact) mass is 333 g/mol. The van der Waals surface area contributed by atoms with E-state index in [2.05, 4.69) is 10.6 Å². The van der Waals surface area contributed by atoms with Gasteiger partial charge in [0.25, 0.3) is 5.91 Å². The largest absolute Gasteiger partial charge is 0.495 e. The highest BCUT2D eigenvalue weighted by atomic mass is 35.5. The summed E-state index contributed by atoms with van der Waals surface area (Å²) in [4.78, 5) is 12.3. The molecule has 2 aromatic rings. The number of nitrogens with one attached hydrogen (secondary N) is 2. The molecule has 4 N–H and O–H groups in total. The van der Waals surface area contributed by atoms with Gasteiger partial charge in [0.2, 0.25) is 0 Å². The summed E-state index contributed by atoms with van der Waals surface area (Å²) in [6, 6.07) is 10.5. The van der Waals surface area contributed by atoms with Gasteiger partial charge < -0.3 is 21.1 Å². The number of amides is 1. The first-order valence-electron chi connectivity index (χ1n) is 7.21. The lowest BCUT2D eigenvalue weighted by Crippen LogP contribution is -2.30. The molecule has 0 aliphatic heterocycles. The minimum atomic E-state index is -0.186. The first-order valence-corrected chi connectivity index (χ1v) is 7.59. The number of rotatable bonds is 5. The smallest absolute Gasteiger partial charge is 0.253 e. The molecule has 2 rings (SSSR count). The van der Waals surface area contributed by atoms with Crippen LogP contribution in [0.4, 0.5) is 17.1 Å². The van der Waals surface area contributed by atoms with Gasteiger partial charge in [-0.2, -0.15) is 0 Å². The molecule has 6 heteroatoms. The Kier molecular flexibility index (Phi) is 5.34. The zero-order valence-corrected chi connectivity index (χ0v) is 14.1. The zero-order valence-electron chi connectivity index (χ0n) is 13.3. The van der Waals surface area contributed by atoms with Crippen molar-refractivity contribution in [3.05, 3.63) is 47.0 Å². The Bertz CT molecular complexity index is 717. The van der Waals surface area contributed by atoms with Crippen LogP contribution < -0.4 is 21.1 Å². The lowest BCUT2D eigenvalue weighted by molar-refractivity contribution is 0.0944. The van der Waals surface area contributed by atoms with Gasteiger partial charge in [-0.25, -0.2) is 0 Å². The average Bonchev–Trinajstić information content (AvgIpc) is 2.48. The van der Waals surface area contributed by atoms with E-state index < -0.39 is 0 Å². The van der Waals surface area contributed by atoms with Crippen LogP contribution in [0.3, 0.4) is 0 Å². The molecule has 1 amide bonds. The summed E-state index contributed by atoms with van der Waals surface area (Å²) in [5.41, 5.74) is 8.21. The first-order chi connectivity index (χ1) is 10.9. The molecule has 0 heterocycles. The second-order valence-corrected chi connectivity index (χ2v) is 5.81. The van der Waals surface area contributed by atoms with Crippen molar-refractivity contribution in [2.45, 2.75) is 19.9 Å². The normalized spacial score (nSPS) is 10.5. The van der Waals surface area contributed by atoms with E-state index in [1.54, 1.807) is 37.4 Å². The molecule has 0 aliphatic carbocycles. The second kappa shape index (κ2) is 7.24. The molecule has 0 radical (unpaired) electrons. The van der Waals surface area contributed by atoms with Crippen LogP contribution in [0.25, 0.3) is 0 Å². The number of nitrogens with two attached hydrogens (primary N) is 1. The van der Waals surface area contributed by atoms with E-state index in [0.717, 1.165) is 5.69 Å². The van der Waals surface area contributed by atoms with Gasteiger partial charge in [0, 0.05) is 17.4 Å². The van der Waals surface area contributed by atoms with Gasteiger partial charge in [0.15, 0.2) is 0 Å². The minimum Gasteiger partial charge on any atom is -0.495 e. The van der Waals surface area contributed by atoms with Crippen LogP contribution >= 0.6 is 11.6 Å². The standard InChI is InChI=1S/C17H20ClN3O2/c1-10(2)20-17(22)13-8-11(19)4-6-15(13)21-12-5-7-16(23-3)14(18)9-12/h4-10,21H,19H2,1-3H3,(H,20,22). The number of ether oxygens (including phenoxy) is 1. The molecule has 0 bridgehead atoms. The molecule has 5 nitrogen and oxygen atoms in total. The zero-order chi connectivity index (χ0) is 17.0. The molecule has 0 saturated heterocycles. The highest BCUT2D eigenvalue weighted by molar-refractivity contribution is 6.32. The fourth-order valence-electron chi connectivity index (χ4n) is 2.10. The fourth-order valence-corrected chi connectivity index (χ4v) is 2.36. The van der Waals surface area contributed by atoms with Gasteiger partial charge in [0.1, 0.15) is 5.75 Å². The van der Waals surface area contributed by atoms with Crippen molar-refractivity contribution >= 4 is 34.6 Å². The number of carbonyl (C=O) groups is 1. The lowest BCUT2D eigenvalue weighted by Gasteiger charge is -2.15. The van der Waals surface area contributed by atoms with Crippen molar-refractivity contribution < 1.29 is 9.53 Å². The summed E-state index contributed by atoms with van der Waals surface area (Å²) < 4.78 is 5.13. The van der Waals surface area contributed by atoms with Crippen LogP contribution in [-0.4, -0.2) is 19.1 Å². The predicted molar refractivity (Wildman–Crippen MR) is 94.7 cm³/mol. The summed E-state index contributed by atoms with van der Waals surface area (Å²) in [6.45, 7) is 3.81. The van der Waals surface area contributed by atoms with Crippen LogP contribution in [0.1, 0.15) is 24.2 Å². The molecule has 0 aliphatic rings. The van der Waals surface area contributed by atoms with Crippen LogP contribution in [0.5, 0.6) is 5.75 Å². The van der Waals surface area contributed by atoms with Gasteiger partial charge in [-0.1, -0.05) is 11.6 Å². The SMILES string of the molecule is COc1ccc(Nc2ccc(N)cc2C(=O)NC(C)C)cc1Cl. The Balaban J connectivity index is 2.32. The summed E-state index contributed by atoms with van der Waals surface area (Å²) in [5.74, 6) is 0.404. The summed E-state index contributed by atoms with van der Waals surface area (Å²) in [6.07, 6.45) is 0. The minimum absolute atomic E-state index is 0.0345. The molecule has 23 heavy (non-hydrogen) atoms. The third-order valence-electron chi connectivity index (χ3n) is 3.14. The molecule has 122 valence electrons. The molecular weight excluding hydrogens is 314 g/mol. The maximum absolute atomic E-state index is 12.3. The van der Waals surface area contributed by atoms with Crippen molar-refractivity contribution in [2.24, 2.45) is 0 Å². The van der Waals surface area contributed by atoms with Gasteiger partial charge in [-0.05, 0) is 50.2 Å². The third-order valence-corrected chi connectivity index (χ3v) is 3.43. The number of nitrogen functional groups attached to an aromatic ring is 1. The Morgan fingerprint density at radius 1 is 1.22 bits per heavy atom. The van der Waals surface area contributed by atoms with E-state index in [4.69, 9.17) is 22.1 Å². The van der Waals surface area contributed by atoms with Gasteiger partial charge >= 0.3 is 0 Å². The van der Waals surface area contributed by atoms with Crippen LogP contribution in [0.2, 0.25) is 5.02 Å². The Hall–Kier alpha value is -2.40. The van der Waals surface area contributed by atoms with Crippen molar-refractivity contribution in [1.82, 2.24) is 5.32 Å². The Labute approximate surface area is 140 Å². The quantitative estimate of drug-likeness (QED) is 0.727. The highest BCUT2D eigenvalue weighted by Gasteiger charge is 2.13. The maximum Gasteiger partial charge on any atom is 0.253 e.